The second kappa shape index (κ2) is 3.20. The van der Waals surface area contributed by atoms with Crippen LogP contribution in [-0.4, -0.2) is 26.2 Å². The number of nitrogen functional groups attached to an aromatic ring is 1. The fraction of sp³-hybridized carbons (Fsp3) is 0.400. The van der Waals surface area contributed by atoms with E-state index in [1.807, 2.05) is 18.4 Å². The standard InChI is InChI=1S/C10H13N4O/c1-10(2,6-15)14-4-3-7-5-12-9(11)13-8(7)14/h4-5,15H,6H2,1-2H3,(H2,11,12,13). The van der Waals surface area contributed by atoms with Gasteiger partial charge < -0.3 is 15.4 Å². The van der Waals surface area contributed by atoms with Gasteiger partial charge in [-0.15, -0.1) is 0 Å². The predicted molar refractivity (Wildman–Crippen MR) is 57.2 cm³/mol. The Bertz CT molecular complexity index is 489. The van der Waals surface area contributed by atoms with Crippen molar-refractivity contribution in [2.45, 2.75) is 19.4 Å². The molecule has 79 valence electrons. The molecule has 0 aliphatic rings. The first kappa shape index (κ1) is 9.92. The molecule has 2 heterocycles. The fourth-order valence-electron chi connectivity index (χ4n) is 1.40. The second-order valence-electron chi connectivity index (χ2n) is 4.08. The Labute approximate surface area is 87.6 Å². The Morgan fingerprint density at radius 1 is 1.60 bits per heavy atom. The summed E-state index contributed by atoms with van der Waals surface area (Å²) in [6.45, 7) is 3.85. The highest BCUT2D eigenvalue weighted by Gasteiger charge is 2.21. The molecule has 15 heavy (non-hydrogen) atoms. The van der Waals surface area contributed by atoms with Crippen molar-refractivity contribution in [3.8, 4) is 0 Å². The third-order valence-electron chi connectivity index (χ3n) is 2.40. The minimum absolute atomic E-state index is 0.0223. The number of anilines is 1. The molecular weight excluding hydrogens is 192 g/mol. The Morgan fingerprint density at radius 2 is 2.33 bits per heavy atom. The average Bonchev–Trinajstić information content (AvgIpc) is 2.61. The predicted octanol–water partition coefficient (Wildman–Crippen LogP) is 0.541. The number of hydrogen-bond acceptors (Lipinski definition) is 4. The van der Waals surface area contributed by atoms with Crippen LogP contribution in [0.2, 0.25) is 0 Å². The number of nitrogens with two attached hydrogens (primary N) is 1. The van der Waals surface area contributed by atoms with Gasteiger partial charge in [0.1, 0.15) is 5.65 Å². The summed E-state index contributed by atoms with van der Waals surface area (Å²) in [6, 6.07) is 3.03. The molecule has 0 amide bonds. The highest BCUT2D eigenvalue weighted by atomic mass is 16.3. The smallest absolute Gasteiger partial charge is 0.221 e. The minimum atomic E-state index is -0.418. The lowest BCUT2D eigenvalue weighted by atomic mass is 10.1. The van der Waals surface area contributed by atoms with E-state index in [-0.39, 0.29) is 12.6 Å². The van der Waals surface area contributed by atoms with E-state index in [0.29, 0.717) is 5.65 Å². The van der Waals surface area contributed by atoms with Crippen LogP contribution in [0.3, 0.4) is 0 Å². The topological polar surface area (TPSA) is 77.0 Å². The molecule has 0 aliphatic carbocycles. The maximum atomic E-state index is 9.29. The summed E-state index contributed by atoms with van der Waals surface area (Å²) < 4.78 is 1.85. The molecule has 5 heteroatoms. The lowest BCUT2D eigenvalue weighted by Crippen LogP contribution is -2.29. The van der Waals surface area contributed by atoms with Gasteiger partial charge in [0.2, 0.25) is 5.95 Å². The number of hydrogen-bond donors (Lipinski definition) is 2. The summed E-state index contributed by atoms with van der Waals surface area (Å²) in [5.41, 5.74) is 5.80. The molecule has 0 fully saturated rings. The summed E-state index contributed by atoms with van der Waals surface area (Å²) in [4.78, 5) is 8.03. The van der Waals surface area contributed by atoms with Crippen LogP contribution in [0.5, 0.6) is 0 Å². The van der Waals surface area contributed by atoms with E-state index in [1.54, 1.807) is 12.4 Å². The molecule has 0 saturated carbocycles. The number of aliphatic hydroxyl groups is 1. The molecule has 0 aliphatic heterocycles. The summed E-state index contributed by atoms with van der Waals surface area (Å²) in [6.07, 6.45) is 3.39. The number of aromatic nitrogens is 3. The van der Waals surface area contributed by atoms with Crippen molar-refractivity contribution < 1.29 is 5.11 Å². The highest BCUT2D eigenvalue weighted by molar-refractivity contribution is 5.75. The molecule has 2 rings (SSSR count). The van der Waals surface area contributed by atoms with E-state index in [9.17, 15) is 5.11 Å². The molecular formula is C10H13N4O. The van der Waals surface area contributed by atoms with Crippen molar-refractivity contribution in [2.75, 3.05) is 12.3 Å². The van der Waals surface area contributed by atoms with Gasteiger partial charge in [0.15, 0.2) is 0 Å². The van der Waals surface area contributed by atoms with Gasteiger partial charge in [0, 0.05) is 23.8 Å². The van der Waals surface area contributed by atoms with Crippen LogP contribution in [0.15, 0.2) is 12.4 Å². The Hall–Kier alpha value is -1.62. The molecule has 0 unspecified atom stereocenters. The zero-order chi connectivity index (χ0) is 11.1. The van der Waals surface area contributed by atoms with E-state index < -0.39 is 5.54 Å². The van der Waals surface area contributed by atoms with Crippen LogP contribution in [0.4, 0.5) is 5.95 Å². The zero-order valence-corrected chi connectivity index (χ0v) is 8.73. The zero-order valence-electron chi connectivity index (χ0n) is 8.73. The molecule has 0 atom stereocenters. The van der Waals surface area contributed by atoms with Crippen molar-refractivity contribution in [2.24, 2.45) is 0 Å². The van der Waals surface area contributed by atoms with Crippen LogP contribution in [0.25, 0.3) is 11.0 Å². The molecule has 5 nitrogen and oxygen atoms in total. The summed E-state index contributed by atoms with van der Waals surface area (Å²) in [7, 11) is 0. The number of nitrogens with zero attached hydrogens (tertiary/aromatic N) is 3. The normalized spacial score (nSPS) is 12.2. The second-order valence-corrected chi connectivity index (χ2v) is 4.08. The van der Waals surface area contributed by atoms with E-state index in [1.165, 1.54) is 0 Å². The van der Waals surface area contributed by atoms with Gasteiger partial charge in [-0.05, 0) is 13.8 Å². The first-order valence-electron chi connectivity index (χ1n) is 4.67. The third kappa shape index (κ3) is 1.55. The largest absolute Gasteiger partial charge is 0.394 e. The van der Waals surface area contributed by atoms with E-state index in [0.717, 1.165) is 5.39 Å². The fourth-order valence-corrected chi connectivity index (χ4v) is 1.40. The van der Waals surface area contributed by atoms with E-state index >= 15 is 0 Å². The molecule has 0 aromatic carbocycles. The van der Waals surface area contributed by atoms with Gasteiger partial charge in [0.05, 0.1) is 12.1 Å². The van der Waals surface area contributed by atoms with E-state index in [4.69, 9.17) is 5.73 Å². The van der Waals surface area contributed by atoms with Crippen molar-refractivity contribution >= 4 is 17.0 Å². The number of rotatable bonds is 2. The maximum absolute atomic E-state index is 9.29. The van der Waals surface area contributed by atoms with Crippen LogP contribution in [0.1, 0.15) is 13.8 Å². The minimum Gasteiger partial charge on any atom is -0.394 e. The Kier molecular flexibility index (Phi) is 2.12. The van der Waals surface area contributed by atoms with E-state index in [2.05, 4.69) is 16.0 Å². The van der Waals surface area contributed by atoms with Gasteiger partial charge >= 0.3 is 0 Å². The van der Waals surface area contributed by atoms with Gasteiger partial charge in [-0.3, -0.25) is 0 Å². The first-order chi connectivity index (χ1) is 7.04. The van der Waals surface area contributed by atoms with Gasteiger partial charge in [-0.1, -0.05) is 0 Å². The SMILES string of the molecule is CC(C)(CO)n1c[c]c2cnc(N)nc21. The summed E-state index contributed by atoms with van der Waals surface area (Å²) >= 11 is 0. The first-order valence-corrected chi connectivity index (χ1v) is 4.67. The quantitative estimate of drug-likeness (QED) is 0.750. The number of aliphatic hydroxyl groups excluding tert-OH is 1. The number of fused-ring (bicyclic) bond motifs is 1. The van der Waals surface area contributed by atoms with Crippen molar-refractivity contribution in [1.82, 2.24) is 14.5 Å². The molecule has 0 saturated heterocycles. The summed E-state index contributed by atoms with van der Waals surface area (Å²) in [5, 5.41) is 10.1. The Balaban J connectivity index is 2.67. The van der Waals surface area contributed by atoms with Gasteiger partial charge in [-0.25, -0.2) is 4.98 Å². The van der Waals surface area contributed by atoms with Crippen LogP contribution >= 0.6 is 0 Å². The van der Waals surface area contributed by atoms with Crippen LogP contribution < -0.4 is 5.73 Å². The van der Waals surface area contributed by atoms with Crippen molar-refractivity contribution in [1.29, 1.82) is 0 Å². The highest BCUT2D eigenvalue weighted by Crippen LogP contribution is 2.21. The van der Waals surface area contributed by atoms with Gasteiger partial charge in [-0.2, -0.15) is 4.98 Å². The molecule has 0 bridgehead atoms. The lowest BCUT2D eigenvalue weighted by Gasteiger charge is -2.24. The average molecular weight is 205 g/mol. The third-order valence-corrected chi connectivity index (χ3v) is 2.40. The van der Waals surface area contributed by atoms with Crippen LogP contribution in [-0.2, 0) is 5.54 Å². The molecule has 2 aromatic rings. The van der Waals surface area contributed by atoms with Crippen LogP contribution in [0, 0.1) is 6.07 Å². The van der Waals surface area contributed by atoms with Gasteiger partial charge in [0.25, 0.3) is 0 Å². The molecule has 2 aromatic heterocycles. The van der Waals surface area contributed by atoms with Crippen molar-refractivity contribution in [3.05, 3.63) is 18.5 Å². The molecule has 1 radical (unpaired) electrons. The van der Waals surface area contributed by atoms with Crippen molar-refractivity contribution in [3.63, 3.8) is 0 Å². The monoisotopic (exact) mass is 205 g/mol. The lowest BCUT2D eigenvalue weighted by molar-refractivity contribution is 0.168. The maximum Gasteiger partial charge on any atom is 0.221 e. The molecule has 3 N–H and O–H groups in total. The Morgan fingerprint density at radius 3 is 3.00 bits per heavy atom. The summed E-state index contributed by atoms with van der Waals surface area (Å²) in [5.74, 6) is 0.226. The molecule has 0 spiro atoms.